The standard InChI is InChI=1S/C5H12.C3H2F6/c1-3-5-4-2;4-2(5,6)1-3(7,8)9/h3-5H2,1-2H3;1H2. The molecule has 0 spiro atoms. The van der Waals surface area contributed by atoms with E-state index in [2.05, 4.69) is 13.8 Å². The van der Waals surface area contributed by atoms with Gasteiger partial charge < -0.3 is 0 Å². The van der Waals surface area contributed by atoms with Crippen molar-refractivity contribution in [2.45, 2.75) is 51.9 Å². The van der Waals surface area contributed by atoms with Gasteiger partial charge in [0.15, 0.2) is 0 Å². The Labute approximate surface area is 79.3 Å². The zero-order valence-corrected chi connectivity index (χ0v) is 8.10. The number of unbranched alkanes of at least 4 members (excludes halogenated alkanes) is 2. The van der Waals surface area contributed by atoms with Gasteiger partial charge in [-0.15, -0.1) is 0 Å². The molecule has 0 rings (SSSR count). The van der Waals surface area contributed by atoms with E-state index in [9.17, 15) is 26.3 Å². The molecule has 0 atom stereocenters. The second-order valence-electron chi connectivity index (χ2n) is 2.76. The molecule has 0 aromatic rings. The predicted molar refractivity (Wildman–Crippen MR) is 41.9 cm³/mol. The van der Waals surface area contributed by atoms with Crippen LogP contribution < -0.4 is 0 Å². The summed E-state index contributed by atoms with van der Waals surface area (Å²) in [5, 5.41) is 0. The average Bonchev–Trinajstić information content (AvgIpc) is 1.81. The molecule has 0 fully saturated rings. The Morgan fingerprint density at radius 2 is 1.00 bits per heavy atom. The van der Waals surface area contributed by atoms with Crippen LogP contribution in [0.4, 0.5) is 26.3 Å². The molecule has 0 saturated carbocycles. The van der Waals surface area contributed by atoms with Gasteiger partial charge in [-0.05, 0) is 0 Å². The first-order valence-corrected chi connectivity index (χ1v) is 4.26. The van der Waals surface area contributed by atoms with Gasteiger partial charge in [-0.25, -0.2) is 0 Å². The zero-order chi connectivity index (χ0) is 11.8. The topological polar surface area (TPSA) is 0 Å². The number of rotatable bonds is 2. The van der Waals surface area contributed by atoms with Crippen molar-refractivity contribution in [1.29, 1.82) is 0 Å². The van der Waals surface area contributed by atoms with Gasteiger partial charge in [0.25, 0.3) is 0 Å². The summed E-state index contributed by atoms with van der Waals surface area (Å²) in [6.07, 6.45) is -8.91. The van der Waals surface area contributed by atoms with Gasteiger partial charge in [-0.3, -0.25) is 0 Å². The Hall–Kier alpha value is -0.420. The first-order valence-electron chi connectivity index (χ1n) is 4.26. The molecule has 6 heteroatoms. The summed E-state index contributed by atoms with van der Waals surface area (Å²) >= 11 is 0. The number of hydrogen-bond acceptors (Lipinski definition) is 0. The lowest BCUT2D eigenvalue weighted by Crippen LogP contribution is -2.20. The zero-order valence-electron chi connectivity index (χ0n) is 8.10. The minimum Gasteiger partial charge on any atom is -0.171 e. The minimum absolute atomic E-state index is 1.34. The first-order chi connectivity index (χ1) is 6.12. The molecule has 0 aromatic carbocycles. The highest BCUT2D eigenvalue weighted by molar-refractivity contribution is 4.57. The highest BCUT2D eigenvalue weighted by Crippen LogP contribution is 2.31. The molecule has 0 aliphatic rings. The number of hydrogen-bond donors (Lipinski definition) is 0. The molecule has 0 radical (unpaired) electrons. The molecule has 0 aromatic heterocycles. The van der Waals surface area contributed by atoms with Crippen LogP contribution in [0.1, 0.15) is 39.5 Å². The summed E-state index contributed by atoms with van der Waals surface area (Å²) in [6, 6.07) is 0. The monoisotopic (exact) mass is 224 g/mol. The van der Waals surface area contributed by atoms with Crippen LogP contribution in [0, 0.1) is 0 Å². The first kappa shape index (κ1) is 16.0. The van der Waals surface area contributed by atoms with Gasteiger partial charge in [0, 0.05) is 0 Å². The fourth-order valence-corrected chi connectivity index (χ4v) is 0.581. The normalized spacial score (nSPS) is 12.0. The van der Waals surface area contributed by atoms with Crippen LogP contribution in [-0.2, 0) is 0 Å². The number of alkyl halides is 6. The molecule has 14 heavy (non-hydrogen) atoms. The summed E-state index contributed by atoms with van der Waals surface area (Å²) in [5.41, 5.74) is 0. The van der Waals surface area contributed by atoms with Crippen LogP contribution in [0.2, 0.25) is 0 Å². The van der Waals surface area contributed by atoms with Crippen molar-refractivity contribution in [2.24, 2.45) is 0 Å². The van der Waals surface area contributed by atoms with Crippen molar-refractivity contribution in [3.63, 3.8) is 0 Å². The fraction of sp³-hybridized carbons (Fsp3) is 1.00. The van der Waals surface area contributed by atoms with Crippen molar-refractivity contribution in [3.8, 4) is 0 Å². The van der Waals surface area contributed by atoms with Crippen molar-refractivity contribution < 1.29 is 26.3 Å². The molecule has 0 heterocycles. The lowest BCUT2D eigenvalue weighted by atomic mass is 10.3. The summed E-state index contributed by atoms with van der Waals surface area (Å²) in [6.45, 7) is 4.42. The highest BCUT2D eigenvalue weighted by atomic mass is 19.4. The maximum absolute atomic E-state index is 10.8. The summed E-state index contributed by atoms with van der Waals surface area (Å²) in [4.78, 5) is 0. The van der Waals surface area contributed by atoms with Crippen LogP contribution in [0.15, 0.2) is 0 Å². The van der Waals surface area contributed by atoms with E-state index in [4.69, 9.17) is 0 Å². The largest absolute Gasteiger partial charge is 0.397 e. The van der Waals surface area contributed by atoms with Gasteiger partial charge >= 0.3 is 12.4 Å². The van der Waals surface area contributed by atoms with E-state index in [1.165, 1.54) is 19.3 Å². The summed E-state index contributed by atoms with van der Waals surface area (Å²) in [5.74, 6) is 0. The lowest BCUT2D eigenvalue weighted by Gasteiger charge is -2.08. The van der Waals surface area contributed by atoms with E-state index < -0.39 is 18.8 Å². The van der Waals surface area contributed by atoms with Gasteiger partial charge in [-0.1, -0.05) is 33.1 Å². The second-order valence-corrected chi connectivity index (χ2v) is 2.76. The Morgan fingerprint density at radius 1 is 0.714 bits per heavy atom. The highest BCUT2D eigenvalue weighted by Gasteiger charge is 2.43. The van der Waals surface area contributed by atoms with E-state index in [0.29, 0.717) is 0 Å². The summed E-state index contributed by atoms with van der Waals surface area (Å²) in [7, 11) is 0. The van der Waals surface area contributed by atoms with Crippen molar-refractivity contribution in [2.75, 3.05) is 0 Å². The van der Waals surface area contributed by atoms with E-state index in [0.717, 1.165) is 0 Å². The van der Waals surface area contributed by atoms with Crippen LogP contribution in [-0.4, -0.2) is 12.4 Å². The Bertz CT molecular complexity index is 109. The van der Waals surface area contributed by atoms with Crippen LogP contribution >= 0.6 is 0 Å². The third kappa shape index (κ3) is 22.6. The van der Waals surface area contributed by atoms with Gasteiger partial charge in [0.1, 0.15) is 6.42 Å². The molecule has 0 saturated heterocycles. The molecule has 0 amide bonds. The van der Waals surface area contributed by atoms with Crippen LogP contribution in [0.25, 0.3) is 0 Å². The smallest absolute Gasteiger partial charge is 0.171 e. The van der Waals surface area contributed by atoms with E-state index >= 15 is 0 Å². The van der Waals surface area contributed by atoms with Crippen LogP contribution in [0.3, 0.4) is 0 Å². The second kappa shape index (κ2) is 6.95. The fourth-order valence-electron chi connectivity index (χ4n) is 0.581. The van der Waals surface area contributed by atoms with Gasteiger partial charge in [-0.2, -0.15) is 26.3 Å². The van der Waals surface area contributed by atoms with E-state index in [-0.39, 0.29) is 0 Å². The SMILES string of the molecule is CCCCC.FC(F)(F)CC(F)(F)F. The van der Waals surface area contributed by atoms with Gasteiger partial charge in [0.05, 0.1) is 0 Å². The maximum atomic E-state index is 10.8. The maximum Gasteiger partial charge on any atom is 0.397 e. The molecule has 0 N–H and O–H groups in total. The lowest BCUT2D eigenvalue weighted by molar-refractivity contribution is -0.232. The predicted octanol–water partition coefficient (Wildman–Crippen LogP) is 4.70. The van der Waals surface area contributed by atoms with Gasteiger partial charge in [0.2, 0.25) is 0 Å². The molecule has 0 nitrogen and oxygen atoms in total. The molecule has 0 aliphatic heterocycles. The number of halogens is 6. The third-order valence-electron chi connectivity index (χ3n) is 1.11. The Balaban J connectivity index is 0. The van der Waals surface area contributed by atoms with E-state index in [1.54, 1.807) is 0 Å². The van der Waals surface area contributed by atoms with E-state index in [1.807, 2.05) is 0 Å². The minimum atomic E-state index is -5.14. The quantitative estimate of drug-likeness (QED) is 0.596. The Kier molecular flexibility index (Phi) is 7.96. The molecular formula is C8H14F6. The molecule has 88 valence electrons. The Morgan fingerprint density at radius 3 is 1.00 bits per heavy atom. The van der Waals surface area contributed by atoms with Crippen molar-refractivity contribution >= 4 is 0 Å². The molecule has 0 aliphatic carbocycles. The molecule has 0 bridgehead atoms. The average molecular weight is 224 g/mol. The third-order valence-corrected chi connectivity index (χ3v) is 1.11. The molecular weight excluding hydrogens is 210 g/mol. The van der Waals surface area contributed by atoms with Crippen LogP contribution in [0.5, 0.6) is 0 Å². The van der Waals surface area contributed by atoms with Crippen molar-refractivity contribution in [1.82, 2.24) is 0 Å². The summed E-state index contributed by atoms with van der Waals surface area (Å²) < 4.78 is 65.0. The van der Waals surface area contributed by atoms with Crippen molar-refractivity contribution in [3.05, 3.63) is 0 Å². The molecule has 0 unspecified atom stereocenters.